The van der Waals surface area contributed by atoms with Gasteiger partial charge in [-0.05, 0) is 44.4 Å². The zero-order valence-electron chi connectivity index (χ0n) is 20.9. The molecule has 0 radical (unpaired) electrons. The van der Waals surface area contributed by atoms with Crippen LogP contribution in [0.5, 0.6) is 11.5 Å². The van der Waals surface area contributed by atoms with Gasteiger partial charge in [0.25, 0.3) is 0 Å². The third-order valence-corrected chi connectivity index (χ3v) is 6.80. The molecule has 2 amide bonds. The van der Waals surface area contributed by atoms with E-state index in [0.717, 1.165) is 37.2 Å². The Morgan fingerprint density at radius 1 is 1.11 bits per heavy atom. The van der Waals surface area contributed by atoms with Gasteiger partial charge in [0.15, 0.2) is 17.3 Å². The summed E-state index contributed by atoms with van der Waals surface area (Å²) in [5.41, 5.74) is 3.39. The maximum atomic E-state index is 15.6. The molecule has 2 aromatic carbocycles. The predicted octanol–water partition coefficient (Wildman–Crippen LogP) is 3.80. The molecule has 0 aromatic heterocycles. The lowest BCUT2D eigenvalue weighted by Gasteiger charge is -2.33. The molecular formula is C26H33FN4O4. The lowest BCUT2D eigenvalue weighted by atomic mass is 9.93. The summed E-state index contributed by atoms with van der Waals surface area (Å²) >= 11 is 0. The predicted molar refractivity (Wildman–Crippen MR) is 133 cm³/mol. The van der Waals surface area contributed by atoms with Crippen molar-refractivity contribution in [2.24, 2.45) is 5.10 Å². The second kappa shape index (κ2) is 10.5. The third-order valence-electron chi connectivity index (χ3n) is 6.80. The summed E-state index contributed by atoms with van der Waals surface area (Å²) in [6, 6.07) is 9.01. The number of carbonyl (C=O) groups is 1. The molecule has 2 aliphatic heterocycles. The van der Waals surface area contributed by atoms with Crippen molar-refractivity contribution in [2.45, 2.75) is 38.3 Å². The van der Waals surface area contributed by atoms with Crippen LogP contribution < -0.4 is 19.7 Å². The first-order chi connectivity index (χ1) is 16.9. The van der Waals surface area contributed by atoms with E-state index in [1.165, 1.54) is 19.2 Å². The van der Waals surface area contributed by atoms with Crippen molar-refractivity contribution >= 4 is 17.4 Å². The first kappa shape index (κ1) is 24.8. The largest absolute Gasteiger partial charge is 0.493 e. The minimum absolute atomic E-state index is 0.0426. The van der Waals surface area contributed by atoms with Gasteiger partial charge >= 0.3 is 6.03 Å². The number of fused-ring (bicyclic) bond motifs is 1. The van der Waals surface area contributed by atoms with Gasteiger partial charge in [-0.15, -0.1) is 0 Å². The average Bonchev–Trinajstić information content (AvgIpc) is 3.04. The molecule has 2 heterocycles. The number of amides is 2. The number of halogens is 1. The van der Waals surface area contributed by atoms with E-state index in [-0.39, 0.29) is 30.0 Å². The van der Waals surface area contributed by atoms with Gasteiger partial charge in [-0.2, -0.15) is 5.10 Å². The molecule has 4 rings (SSSR count). The third kappa shape index (κ3) is 4.77. The lowest BCUT2D eigenvalue weighted by Crippen LogP contribution is -2.41. The number of anilines is 1. The summed E-state index contributed by atoms with van der Waals surface area (Å²) in [7, 11) is 6.19. The van der Waals surface area contributed by atoms with E-state index in [9.17, 15) is 4.79 Å². The normalized spacial score (nSPS) is 18.5. The van der Waals surface area contributed by atoms with Crippen LogP contribution >= 0.6 is 0 Å². The van der Waals surface area contributed by atoms with E-state index in [4.69, 9.17) is 19.3 Å². The molecule has 1 fully saturated rings. The van der Waals surface area contributed by atoms with E-state index in [0.29, 0.717) is 22.9 Å². The van der Waals surface area contributed by atoms with Crippen molar-refractivity contribution in [3.05, 3.63) is 52.8 Å². The van der Waals surface area contributed by atoms with Gasteiger partial charge in [0, 0.05) is 49.6 Å². The lowest BCUT2D eigenvalue weighted by molar-refractivity contribution is 0.0819. The van der Waals surface area contributed by atoms with Crippen LogP contribution in [0, 0.1) is 5.82 Å². The van der Waals surface area contributed by atoms with Gasteiger partial charge in [0.1, 0.15) is 0 Å². The minimum Gasteiger partial charge on any atom is -0.493 e. The topological polar surface area (TPSA) is 75.6 Å². The Labute approximate surface area is 205 Å². The average molecular weight is 485 g/mol. The Morgan fingerprint density at radius 3 is 2.37 bits per heavy atom. The molecule has 0 unspecified atom stereocenters. The fourth-order valence-corrected chi connectivity index (χ4v) is 4.80. The molecule has 0 saturated carbocycles. The number of piperidine rings is 1. The molecule has 0 spiro atoms. The standard InChI is InChI=1S/C26H33FN4O4/c1-16-14-20-21(15-22(34-4)25(35-5)23(20)27)24(29-31(16)26(32)28-2)17-6-8-18(9-7-17)30-12-10-19(33-3)11-13-30/h6-9,15-16,19H,10-14H2,1-5H3,(H,28,32)/t16-/m0/s1. The highest BCUT2D eigenvalue weighted by Gasteiger charge is 2.31. The Morgan fingerprint density at radius 2 is 1.80 bits per heavy atom. The number of nitrogens with one attached hydrogen (secondary N) is 1. The molecule has 1 atom stereocenters. The Hall–Kier alpha value is -3.33. The van der Waals surface area contributed by atoms with Gasteiger partial charge in [-0.3, -0.25) is 0 Å². The molecule has 0 bridgehead atoms. The molecule has 35 heavy (non-hydrogen) atoms. The minimum atomic E-state index is -0.502. The highest BCUT2D eigenvalue weighted by atomic mass is 19.1. The molecule has 1 N–H and O–H groups in total. The number of hydrogen-bond donors (Lipinski definition) is 1. The van der Waals surface area contributed by atoms with Gasteiger partial charge in [-0.1, -0.05) is 12.1 Å². The number of carbonyl (C=O) groups excluding carboxylic acids is 1. The monoisotopic (exact) mass is 484 g/mol. The number of rotatable bonds is 5. The first-order valence-electron chi connectivity index (χ1n) is 11.8. The van der Waals surface area contributed by atoms with Crippen molar-refractivity contribution in [1.82, 2.24) is 10.3 Å². The van der Waals surface area contributed by atoms with Crippen LogP contribution in [0.4, 0.5) is 14.9 Å². The Bertz CT molecular complexity index is 1100. The second-order valence-electron chi connectivity index (χ2n) is 8.82. The van der Waals surface area contributed by atoms with Gasteiger partial charge in [0.2, 0.25) is 0 Å². The van der Waals surface area contributed by atoms with Crippen LogP contribution in [0.15, 0.2) is 35.4 Å². The molecule has 2 aliphatic rings. The molecule has 2 aromatic rings. The molecule has 1 saturated heterocycles. The van der Waals surface area contributed by atoms with Gasteiger partial charge in [-0.25, -0.2) is 14.2 Å². The van der Waals surface area contributed by atoms with Crippen LogP contribution in [0.1, 0.15) is 36.5 Å². The number of hydrazone groups is 1. The fraction of sp³-hybridized carbons (Fsp3) is 0.462. The zero-order chi connectivity index (χ0) is 25.1. The van der Waals surface area contributed by atoms with E-state index >= 15 is 4.39 Å². The highest BCUT2D eigenvalue weighted by Crippen LogP contribution is 2.38. The summed E-state index contributed by atoms with van der Waals surface area (Å²) < 4.78 is 31.8. The number of methoxy groups -OCH3 is 3. The summed E-state index contributed by atoms with van der Waals surface area (Å²) in [5.74, 6) is -0.186. The van der Waals surface area contributed by atoms with Crippen LogP contribution in [0.3, 0.4) is 0 Å². The number of hydrogen-bond acceptors (Lipinski definition) is 6. The molecule has 188 valence electrons. The maximum Gasteiger partial charge on any atom is 0.337 e. The number of nitrogens with zero attached hydrogens (tertiary/aromatic N) is 3. The van der Waals surface area contributed by atoms with Gasteiger partial charge < -0.3 is 24.4 Å². The molecule has 8 nitrogen and oxygen atoms in total. The van der Waals surface area contributed by atoms with Crippen molar-refractivity contribution in [3.8, 4) is 11.5 Å². The number of ether oxygens (including phenoxy) is 3. The van der Waals surface area contributed by atoms with Crippen molar-refractivity contribution in [1.29, 1.82) is 0 Å². The SMILES string of the molecule is CNC(=O)N1N=C(c2ccc(N3CCC(OC)CC3)cc2)c2cc(OC)c(OC)c(F)c2C[C@@H]1C. The van der Waals surface area contributed by atoms with E-state index in [2.05, 4.69) is 10.2 Å². The van der Waals surface area contributed by atoms with E-state index in [1.54, 1.807) is 20.2 Å². The second-order valence-corrected chi connectivity index (χ2v) is 8.82. The number of benzene rings is 2. The van der Waals surface area contributed by atoms with E-state index in [1.807, 2.05) is 31.2 Å². The maximum absolute atomic E-state index is 15.6. The van der Waals surface area contributed by atoms with Crippen molar-refractivity contribution in [2.75, 3.05) is 46.4 Å². The summed E-state index contributed by atoms with van der Waals surface area (Å²) in [6.07, 6.45) is 2.55. The fourth-order valence-electron chi connectivity index (χ4n) is 4.80. The van der Waals surface area contributed by atoms with Crippen LogP contribution in [-0.4, -0.2) is 70.4 Å². The molecular weight excluding hydrogens is 451 g/mol. The Balaban J connectivity index is 1.78. The smallest absolute Gasteiger partial charge is 0.337 e. The van der Waals surface area contributed by atoms with E-state index < -0.39 is 5.82 Å². The van der Waals surface area contributed by atoms with Crippen LogP contribution in [0.2, 0.25) is 0 Å². The quantitative estimate of drug-likeness (QED) is 0.699. The van der Waals surface area contributed by atoms with Crippen molar-refractivity contribution in [3.63, 3.8) is 0 Å². The van der Waals surface area contributed by atoms with Gasteiger partial charge in [0.05, 0.1) is 32.1 Å². The molecule has 0 aliphatic carbocycles. The van der Waals surface area contributed by atoms with Crippen molar-refractivity contribution < 1.29 is 23.4 Å². The van der Waals surface area contributed by atoms with Crippen LogP contribution in [-0.2, 0) is 11.2 Å². The first-order valence-corrected chi connectivity index (χ1v) is 11.8. The molecule has 9 heteroatoms. The van der Waals surface area contributed by atoms with Crippen LogP contribution in [0.25, 0.3) is 0 Å². The zero-order valence-corrected chi connectivity index (χ0v) is 20.9. The summed E-state index contributed by atoms with van der Waals surface area (Å²) in [5, 5.41) is 8.72. The summed E-state index contributed by atoms with van der Waals surface area (Å²) in [6.45, 7) is 3.69. The number of urea groups is 1. The Kier molecular flexibility index (Phi) is 7.45. The highest BCUT2D eigenvalue weighted by molar-refractivity contribution is 6.14. The summed E-state index contributed by atoms with van der Waals surface area (Å²) in [4.78, 5) is 15.0.